The van der Waals surface area contributed by atoms with E-state index in [1.165, 1.54) is 51.5 Å². The first kappa shape index (κ1) is 16.0. The molecule has 1 aliphatic rings. The number of hydrogen-bond acceptors (Lipinski definition) is 2. The van der Waals surface area contributed by atoms with Gasteiger partial charge in [-0.2, -0.15) is 0 Å². The third kappa shape index (κ3) is 3.48. The highest BCUT2D eigenvalue weighted by Crippen LogP contribution is 2.39. The molecule has 0 aliphatic heterocycles. The first-order chi connectivity index (χ1) is 8.58. The summed E-state index contributed by atoms with van der Waals surface area (Å²) in [7, 11) is 0. The minimum Gasteiger partial charge on any atom is -0.329 e. The fourth-order valence-electron chi connectivity index (χ4n) is 3.77. The normalized spacial score (nSPS) is 29.2. The van der Waals surface area contributed by atoms with E-state index in [1.807, 2.05) is 0 Å². The van der Waals surface area contributed by atoms with Crippen LogP contribution in [-0.2, 0) is 0 Å². The first-order valence-corrected chi connectivity index (χ1v) is 8.05. The topological polar surface area (TPSA) is 29.3 Å². The van der Waals surface area contributed by atoms with Crippen molar-refractivity contribution in [2.24, 2.45) is 11.7 Å². The number of nitrogens with zero attached hydrogens (tertiary/aromatic N) is 1. The van der Waals surface area contributed by atoms with Gasteiger partial charge >= 0.3 is 0 Å². The summed E-state index contributed by atoms with van der Waals surface area (Å²) in [5, 5.41) is 0. The van der Waals surface area contributed by atoms with E-state index in [2.05, 4.69) is 32.6 Å². The van der Waals surface area contributed by atoms with Crippen LogP contribution in [0.15, 0.2) is 0 Å². The van der Waals surface area contributed by atoms with Crippen LogP contribution in [0.4, 0.5) is 0 Å². The van der Waals surface area contributed by atoms with E-state index >= 15 is 0 Å². The van der Waals surface area contributed by atoms with Gasteiger partial charge in [0, 0.05) is 18.1 Å². The lowest BCUT2D eigenvalue weighted by molar-refractivity contribution is -0.0102. The fraction of sp³-hybridized carbons (Fsp3) is 1.00. The third-order valence-electron chi connectivity index (χ3n) is 4.97. The fourth-order valence-corrected chi connectivity index (χ4v) is 3.77. The van der Waals surface area contributed by atoms with Crippen molar-refractivity contribution in [2.45, 2.75) is 84.2 Å². The molecule has 0 heterocycles. The van der Waals surface area contributed by atoms with Crippen molar-refractivity contribution in [3.05, 3.63) is 0 Å². The van der Waals surface area contributed by atoms with E-state index in [1.54, 1.807) is 0 Å². The SMILES string of the molecule is CCCCCN(C(C)C)C1(CN)CCCCC1C. The van der Waals surface area contributed by atoms with Crippen molar-refractivity contribution in [1.29, 1.82) is 0 Å². The maximum atomic E-state index is 6.23. The van der Waals surface area contributed by atoms with Gasteiger partial charge in [-0.15, -0.1) is 0 Å². The van der Waals surface area contributed by atoms with Crippen LogP contribution in [0.3, 0.4) is 0 Å². The molecular formula is C16H34N2. The van der Waals surface area contributed by atoms with Gasteiger partial charge in [0.1, 0.15) is 0 Å². The minimum absolute atomic E-state index is 0.278. The van der Waals surface area contributed by atoms with Gasteiger partial charge in [-0.05, 0) is 45.6 Å². The Morgan fingerprint density at radius 2 is 2.00 bits per heavy atom. The van der Waals surface area contributed by atoms with Gasteiger partial charge in [0.2, 0.25) is 0 Å². The number of unbranched alkanes of at least 4 members (excludes halogenated alkanes) is 2. The van der Waals surface area contributed by atoms with Gasteiger partial charge in [-0.3, -0.25) is 4.90 Å². The van der Waals surface area contributed by atoms with E-state index in [-0.39, 0.29) is 5.54 Å². The average Bonchev–Trinajstić information content (AvgIpc) is 2.36. The maximum Gasteiger partial charge on any atom is 0.0359 e. The molecule has 108 valence electrons. The molecule has 1 rings (SSSR count). The van der Waals surface area contributed by atoms with E-state index < -0.39 is 0 Å². The van der Waals surface area contributed by atoms with Crippen LogP contribution >= 0.6 is 0 Å². The number of hydrogen-bond donors (Lipinski definition) is 1. The Morgan fingerprint density at radius 1 is 1.28 bits per heavy atom. The zero-order valence-corrected chi connectivity index (χ0v) is 13.0. The molecule has 0 saturated heterocycles. The standard InChI is InChI=1S/C16H34N2/c1-5-6-9-12-18(14(2)3)16(13-17)11-8-7-10-15(16)4/h14-15H,5-13,17H2,1-4H3. The van der Waals surface area contributed by atoms with Crippen molar-refractivity contribution in [2.75, 3.05) is 13.1 Å². The van der Waals surface area contributed by atoms with Crippen LogP contribution in [0.25, 0.3) is 0 Å². The van der Waals surface area contributed by atoms with Crippen LogP contribution in [0.1, 0.15) is 72.6 Å². The average molecular weight is 254 g/mol. The summed E-state index contributed by atoms with van der Waals surface area (Å²) >= 11 is 0. The molecule has 0 aromatic rings. The van der Waals surface area contributed by atoms with Crippen LogP contribution in [-0.4, -0.2) is 29.6 Å². The summed E-state index contributed by atoms with van der Waals surface area (Å²) in [5.74, 6) is 0.750. The molecule has 0 bridgehead atoms. The second kappa shape index (κ2) is 7.49. The molecular weight excluding hydrogens is 220 g/mol. The van der Waals surface area contributed by atoms with E-state index in [4.69, 9.17) is 5.73 Å². The maximum absolute atomic E-state index is 6.23. The van der Waals surface area contributed by atoms with Crippen molar-refractivity contribution < 1.29 is 0 Å². The summed E-state index contributed by atoms with van der Waals surface area (Å²) in [6.45, 7) is 11.4. The molecule has 0 spiro atoms. The van der Waals surface area contributed by atoms with Crippen LogP contribution in [0.2, 0.25) is 0 Å². The van der Waals surface area contributed by atoms with Gasteiger partial charge < -0.3 is 5.73 Å². The highest BCUT2D eigenvalue weighted by molar-refractivity contribution is 4.99. The number of nitrogens with two attached hydrogens (primary N) is 1. The molecule has 1 fully saturated rings. The summed E-state index contributed by atoms with van der Waals surface area (Å²) in [4.78, 5) is 2.73. The Kier molecular flexibility index (Phi) is 6.65. The quantitative estimate of drug-likeness (QED) is 0.700. The predicted molar refractivity (Wildman–Crippen MR) is 80.8 cm³/mol. The highest BCUT2D eigenvalue weighted by atomic mass is 15.2. The summed E-state index contributed by atoms with van der Waals surface area (Å²) < 4.78 is 0. The van der Waals surface area contributed by atoms with Gasteiger partial charge in [0.25, 0.3) is 0 Å². The second-order valence-corrected chi connectivity index (χ2v) is 6.45. The van der Waals surface area contributed by atoms with Crippen LogP contribution in [0, 0.1) is 5.92 Å². The third-order valence-corrected chi connectivity index (χ3v) is 4.97. The molecule has 2 unspecified atom stereocenters. The molecule has 18 heavy (non-hydrogen) atoms. The molecule has 0 amide bonds. The highest BCUT2D eigenvalue weighted by Gasteiger charge is 2.42. The molecule has 1 saturated carbocycles. The molecule has 0 aromatic heterocycles. The van der Waals surface area contributed by atoms with Crippen molar-refractivity contribution >= 4 is 0 Å². The lowest BCUT2D eigenvalue weighted by atomic mass is 9.71. The Balaban J connectivity index is 2.78. The van der Waals surface area contributed by atoms with Gasteiger partial charge in [0.15, 0.2) is 0 Å². The lowest BCUT2D eigenvalue weighted by Gasteiger charge is -2.52. The second-order valence-electron chi connectivity index (χ2n) is 6.45. The zero-order valence-electron chi connectivity index (χ0n) is 13.0. The van der Waals surface area contributed by atoms with E-state index in [9.17, 15) is 0 Å². The van der Waals surface area contributed by atoms with Crippen LogP contribution in [0.5, 0.6) is 0 Å². The van der Waals surface area contributed by atoms with Gasteiger partial charge in [-0.25, -0.2) is 0 Å². The van der Waals surface area contributed by atoms with Crippen molar-refractivity contribution in [1.82, 2.24) is 4.90 Å². The summed E-state index contributed by atoms with van der Waals surface area (Å²) in [5.41, 5.74) is 6.51. The predicted octanol–water partition coefficient (Wildman–Crippen LogP) is 3.79. The van der Waals surface area contributed by atoms with Crippen LogP contribution < -0.4 is 5.73 Å². The monoisotopic (exact) mass is 254 g/mol. The molecule has 1 aliphatic carbocycles. The minimum atomic E-state index is 0.278. The Bertz CT molecular complexity index is 227. The first-order valence-electron chi connectivity index (χ1n) is 8.05. The largest absolute Gasteiger partial charge is 0.329 e. The van der Waals surface area contributed by atoms with Crippen molar-refractivity contribution in [3.63, 3.8) is 0 Å². The molecule has 0 aromatic carbocycles. The Labute approximate surface area is 114 Å². The Morgan fingerprint density at radius 3 is 2.50 bits per heavy atom. The molecule has 2 heteroatoms. The molecule has 2 nitrogen and oxygen atoms in total. The molecule has 2 atom stereocenters. The summed E-state index contributed by atoms with van der Waals surface area (Å²) in [6, 6.07) is 0.617. The number of rotatable bonds is 7. The summed E-state index contributed by atoms with van der Waals surface area (Å²) in [6.07, 6.45) is 9.38. The van der Waals surface area contributed by atoms with Gasteiger partial charge in [0.05, 0.1) is 0 Å². The Hall–Kier alpha value is -0.0800. The van der Waals surface area contributed by atoms with E-state index in [0.29, 0.717) is 6.04 Å². The van der Waals surface area contributed by atoms with Gasteiger partial charge in [-0.1, -0.05) is 39.5 Å². The molecule has 2 N–H and O–H groups in total. The van der Waals surface area contributed by atoms with Crippen molar-refractivity contribution in [3.8, 4) is 0 Å². The smallest absolute Gasteiger partial charge is 0.0359 e. The lowest BCUT2D eigenvalue weighted by Crippen LogP contribution is -2.61. The molecule has 0 radical (unpaired) electrons. The zero-order chi connectivity index (χ0) is 13.6. The van der Waals surface area contributed by atoms with E-state index in [0.717, 1.165) is 12.5 Å².